The van der Waals surface area contributed by atoms with Gasteiger partial charge in [0.1, 0.15) is 18.6 Å². The van der Waals surface area contributed by atoms with Crippen molar-refractivity contribution in [2.24, 2.45) is 0 Å². The van der Waals surface area contributed by atoms with Gasteiger partial charge in [0.15, 0.2) is 0 Å². The Labute approximate surface area is 143 Å². The number of carbonyl (C=O) groups is 1. The van der Waals surface area contributed by atoms with Crippen molar-refractivity contribution in [1.29, 1.82) is 0 Å². The minimum Gasteiger partial charge on any atom is -0.489 e. The monoisotopic (exact) mass is 366 g/mol. The molecule has 0 aliphatic heterocycles. The zero-order valence-electron chi connectivity index (χ0n) is 12.4. The highest BCUT2D eigenvalue weighted by Gasteiger charge is 2.04. The predicted octanol–water partition coefficient (Wildman–Crippen LogP) is 5.51. The number of carbonyl (C=O) groups excluding carboxylic acids is 1. The second-order valence-electron chi connectivity index (χ2n) is 5.19. The van der Waals surface area contributed by atoms with Gasteiger partial charge in [0.2, 0.25) is 0 Å². The maximum atomic E-state index is 11.0. The average Bonchev–Trinajstić information content (AvgIpc) is 2.60. The predicted molar refractivity (Wildman–Crippen MR) is 95.7 cm³/mol. The minimum atomic E-state index is 0.530. The largest absolute Gasteiger partial charge is 0.489 e. The highest BCUT2D eigenvalue weighted by Crippen LogP contribution is 2.27. The minimum absolute atomic E-state index is 0.530. The van der Waals surface area contributed by atoms with Crippen molar-refractivity contribution in [2.75, 3.05) is 0 Å². The summed E-state index contributed by atoms with van der Waals surface area (Å²) < 4.78 is 6.74. The Morgan fingerprint density at radius 3 is 2.48 bits per heavy atom. The molecular weight excluding hydrogens is 352 g/mol. The van der Waals surface area contributed by atoms with Crippen LogP contribution in [0.3, 0.4) is 0 Å². The molecule has 0 fully saturated rings. The Morgan fingerprint density at radius 2 is 1.70 bits per heavy atom. The molecule has 0 unspecified atom stereocenters. The van der Waals surface area contributed by atoms with Crippen LogP contribution in [0.15, 0.2) is 77.3 Å². The summed E-state index contributed by atoms with van der Waals surface area (Å²) in [7, 11) is 0. The molecule has 0 N–H and O–H groups in total. The van der Waals surface area contributed by atoms with E-state index in [-0.39, 0.29) is 0 Å². The van der Waals surface area contributed by atoms with E-state index in [1.807, 2.05) is 66.7 Å². The normalized spacial score (nSPS) is 10.3. The molecule has 0 radical (unpaired) electrons. The quantitative estimate of drug-likeness (QED) is 0.556. The Hall–Kier alpha value is -2.39. The van der Waals surface area contributed by atoms with Gasteiger partial charge in [-0.25, -0.2) is 0 Å². The molecule has 3 aromatic rings. The molecule has 0 heterocycles. The van der Waals surface area contributed by atoms with Crippen LogP contribution in [0, 0.1) is 0 Å². The molecule has 3 aromatic carbocycles. The van der Waals surface area contributed by atoms with Gasteiger partial charge >= 0.3 is 0 Å². The zero-order valence-corrected chi connectivity index (χ0v) is 14.0. The second kappa shape index (κ2) is 7.25. The van der Waals surface area contributed by atoms with Gasteiger partial charge in [0, 0.05) is 10.0 Å². The summed E-state index contributed by atoms with van der Waals surface area (Å²) in [4.78, 5) is 11.0. The average molecular weight is 367 g/mol. The van der Waals surface area contributed by atoms with Crippen LogP contribution in [-0.4, -0.2) is 6.29 Å². The van der Waals surface area contributed by atoms with E-state index in [9.17, 15) is 4.79 Å². The molecule has 0 atom stereocenters. The van der Waals surface area contributed by atoms with Crippen molar-refractivity contribution in [1.82, 2.24) is 0 Å². The highest BCUT2D eigenvalue weighted by molar-refractivity contribution is 9.10. The van der Waals surface area contributed by atoms with E-state index in [1.165, 1.54) is 0 Å². The van der Waals surface area contributed by atoms with Crippen LogP contribution in [0.5, 0.6) is 5.75 Å². The number of hydrogen-bond acceptors (Lipinski definition) is 2. The van der Waals surface area contributed by atoms with Crippen LogP contribution in [0.25, 0.3) is 11.1 Å². The van der Waals surface area contributed by atoms with E-state index in [4.69, 9.17) is 4.74 Å². The molecule has 0 aliphatic carbocycles. The third-order valence-electron chi connectivity index (χ3n) is 3.47. The molecule has 0 amide bonds. The molecule has 0 aromatic heterocycles. The van der Waals surface area contributed by atoms with Gasteiger partial charge in [-0.15, -0.1) is 0 Å². The van der Waals surface area contributed by atoms with Gasteiger partial charge in [-0.3, -0.25) is 4.79 Å². The summed E-state index contributed by atoms with van der Waals surface area (Å²) in [6.07, 6.45) is 0.851. The first-order chi connectivity index (χ1) is 11.2. The first-order valence-corrected chi connectivity index (χ1v) is 8.07. The van der Waals surface area contributed by atoms with E-state index in [0.717, 1.165) is 33.2 Å². The Balaban J connectivity index is 1.82. The lowest BCUT2D eigenvalue weighted by atomic mass is 10.0. The molecule has 2 nitrogen and oxygen atoms in total. The maximum absolute atomic E-state index is 11.0. The molecular formula is C20H15BrO2. The lowest BCUT2D eigenvalue weighted by Gasteiger charge is -2.09. The van der Waals surface area contributed by atoms with Crippen molar-refractivity contribution in [3.8, 4) is 16.9 Å². The smallest absolute Gasteiger partial charge is 0.150 e. The lowest BCUT2D eigenvalue weighted by Crippen LogP contribution is -1.95. The number of hydrogen-bond donors (Lipinski definition) is 0. The number of rotatable bonds is 5. The van der Waals surface area contributed by atoms with Crippen LogP contribution in [0.1, 0.15) is 15.9 Å². The van der Waals surface area contributed by atoms with Crippen LogP contribution < -0.4 is 4.74 Å². The maximum Gasteiger partial charge on any atom is 0.150 e. The Morgan fingerprint density at radius 1 is 0.870 bits per heavy atom. The van der Waals surface area contributed by atoms with Gasteiger partial charge in [-0.05, 0) is 47.0 Å². The van der Waals surface area contributed by atoms with E-state index in [1.54, 1.807) is 6.07 Å². The van der Waals surface area contributed by atoms with Crippen LogP contribution >= 0.6 is 15.9 Å². The molecule has 114 valence electrons. The Bertz CT molecular complexity index is 813. The summed E-state index contributed by atoms with van der Waals surface area (Å²) >= 11 is 3.44. The number of halogens is 1. The van der Waals surface area contributed by atoms with Crippen molar-refractivity contribution < 1.29 is 9.53 Å². The van der Waals surface area contributed by atoms with Gasteiger partial charge in [0.05, 0.1) is 0 Å². The van der Waals surface area contributed by atoms with Gasteiger partial charge in [0.25, 0.3) is 0 Å². The first-order valence-electron chi connectivity index (χ1n) is 7.27. The molecule has 0 bridgehead atoms. The second-order valence-corrected chi connectivity index (χ2v) is 6.11. The molecule has 0 spiro atoms. The number of aldehydes is 1. The van der Waals surface area contributed by atoms with E-state index >= 15 is 0 Å². The number of ether oxygens (including phenoxy) is 1. The van der Waals surface area contributed by atoms with Crippen molar-refractivity contribution in [3.05, 3.63) is 88.4 Å². The SMILES string of the molecule is O=Cc1cc(Br)cc(-c2cccc(OCc3ccccc3)c2)c1. The summed E-state index contributed by atoms with van der Waals surface area (Å²) in [6.45, 7) is 0.530. The first kappa shape index (κ1) is 15.5. The fraction of sp³-hybridized carbons (Fsp3) is 0.0500. The van der Waals surface area contributed by atoms with E-state index in [0.29, 0.717) is 12.2 Å². The standard InChI is InChI=1S/C20H15BrO2/c21-19-10-16(13-22)9-18(11-19)17-7-4-8-20(12-17)23-14-15-5-2-1-3-6-15/h1-13H,14H2. The molecule has 23 heavy (non-hydrogen) atoms. The third kappa shape index (κ3) is 4.08. The van der Waals surface area contributed by atoms with Gasteiger partial charge < -0.3 is 4.74 Å². The van der Waals surface area contributed by atoms with Crippen LogP contribution in [0.2, 0.25) is 0 Å². The molecule has 0 saturated heterocycles. The van der Waals surface area contributed by atoms with Crippen LogP contribution in [-0.2, 0) is 6.61 Å². The molecule has 0 aliphatic rings. The fourth-order valence-corrected chi connectivity index (χ4v) is 2.86. The van der Waals surface area contributed by atoms with E-state index in [2.05, 4.69) is 15.9 Å². The number of benzene rings is 3. The van der Waals surface area contributed by atoms with Gasteiger partial charge in [-0.2, -0.15) is 0 Å². The third-order valence-corrected chi connectivity index (χ3v) is 3.93. The molecule has 3 heteroatoms. The Kier molecular flexibility index (Phi) is 4.89. The highest BCUT2D eigenvalue weighted by atomic mass is 79.9. The van der Waals surface area contributed by atoms with Crippen molar-refractivity contribution >= 4 is 22.2 Å². The molecule has 0 saturated carbocycles. The topological polar surface area (TPSA) is 26.3 Å². The van der Waals surface area contributed by atoms with Gasteiger partial charge in [-0.1, -0.05) is 58.4 Å². The summed E-state index contributed by atoms with van der Waals surface area (Å²) in [5, 5.41) is 0. The fourth-order valence-electron chi connectivity index (χ4n) is 2.35. The van der Waals surface area contributed by atoms with E-state index < -0.39 is 0 Å². The van der Waals surface area contributed by atoms with Crippen LogP contribution in [0.4, 0.5) is 0 Å². The summed E-state index contributed by atoms with van der Waals surface area (Å²) in [5.74, 6) is 0.805. The lowest BCUT2D eigenvalue weighted by molar-refractivity contribution is 0.112. The zero-order chi connectivity index (χ0) is 16.1. The molecule has 3 rings (SSSR count). The van der Waals surface area contributed by atoms with Crippen molar-refractivity contribution in [3.63, 3.8) is 0 Å². The van der Waals surface area contributed by atoms with Crippen molar-refractivity contribution in [2.45, 2.75) is 6.61 Å². The summed E-state index contributed by atoms with van der Waals surface area (Å²) in [5.41, 5.74) is 3.76. The summed E-state index contributed by atoms with van der Waals surface area (Å²) in [6, 6.07) is 23.6.